The van der Waals surface area contributed by atoms with Gasteiger partial charge in [0, 0.05) is 37.5 Å². The smallest absolute Gasteiger partial charge is 0.164 e. The van der Waals surface area contributed by atoms with Gasteiger partial charge in [0.25, 0.3) is 0 Å². The molecule has 2 rings (SSSR count). The van der Waals surface area contributed by atoms with Crippen LogP contribution in [0, 0.1) is 5.92 Å². The van der Waals surface area contributed by atoms with E-state index < -0.39 is 0 Å². The molecule has 0 fully saturated rings. The zero-order chi connectivity index (χ0) is 13.0. The number of carbonyl (C=O) groups is 1. The summed E-state index contributed by atoms with van der Waals surface area (Å²) in [4.78, 5) is 11.7. The Bertz CT molecular complexity index is 407. The fourth-order valence-corrected chi connectivity index (χ4v) is 2.30. The second-order valence-electron chi connectivity index (χ2n) is 5.51. The van der Waals surface area contributed by atoms with Crippen LogP contribution in [0.25, 0.3) is 0 Å². The normalized spacial score (nSPS) is 15.2. The highest BCUT2D eigenvalue weighted by atomic mass is 16.5. The number of Topliss-reactive ketones (excluding diaryl/α,β-unsaturated/α-hetero) is 1. The third-order valence-electron chi connectivity index (χ3n) is 3.45. The fourth-order valence-electron chi connectivity index (χ4n) is 2.30. The highest BCUT2D eigenvalue weighted by molar-refractivity contribution is 5.98. The summed E-state index contributed by atoms with van der Waals surface area (Å²) in [7, 11) is 0. The van der Waals surface area contributed by atoms with E-state index in [0.717, 1.165) is 44.6 Å². The third kappa shape index (κ3) is 3.45. The van der Waals surface area contributed by atoms with Crippen molar-refractivity contribution < 1.29 is 9.53 Å². The zero-order valence-electron chi connectivity index (χ0n) is 11.4. The molecule has 0 spiro atoms. The first kappa shape index (κ1) is 13.3. The Kier molecular flexibility index (Phi) is 4.59. The number of ketones is 1. The molecule has 0 saturated carbocycles. The van der Waals surface area contributed by atoms with E-state index in [1.54, 1.807) is 0 Å². The van der Waals surface area contributed by atoms with E-state index in [1.807, 2.05) is 6.20 Å². The van der Waals surface area contributed by atoms with E-state index in [9.17, 15) is 4.79 Å². The highest BCUT2D eigenvalue weighted by Gasteiger charge is 2.18. The van der Waals surface area contributed by atoms with E-state index >= 15 is 0 Å². The molecule has 0 radical (unpaired) electrons. The average Bonchev–Trinajstić information content (AvgIpc) is 2.72. The molecule has 1 aromatic heterocycles. The van der Waals surface area contributed by atoms with Gasteiger partial charge in [-0.1, -0.05) is 13.8 Å². The van der Waals surface area contributed by atoms with Crippen LogP contribution in [0.3, 0.4) is 0 Å². The summed E-state index contributed by atoms with van der Waals surface area (Å²) in [6.07, 6.45) is 7.96. The standard InChI is InChI=1S/C15H23NO2/c1-12(2)6-8-18-9-7-16-10-13-4-3-5-15(17)14(13)11-16/h10-12H,3-9H2,1-2H3. The Morgan fingerprint density at radius 2 is 2.11 bits per heavy atom. The topological polar surface area (TPSA) is 31.2 Å². The molecule has 100 valence electrons. The Balaban J connectivity index is 1.78. The average molecular weight is 249 g/mol. The van der Waals surface area contributed by atoms with Crippen molar-refractivity contribution >= 4 is 5.78 Å². The minimum atomic E-state index is 0.302. The summed E-state index contributed by atoms with van der Waals surface area (Å²) in [6, 6.07) is 0. The van der Waals surface area contributed by atoms with E-state index in [-0.39, 0.29) is 0 Å². The van der Waals surface area contributed by atoms with Gasteiger partial charge in [0.1, 0.15) is 0 Å². The summed E-state index contributed by atoms with van der Waals surface area (Å²) in [5.74, 6) is 0.997. The quantitative estimate of drug-likeness (QED) is 0.725. The fraction of sp³-hybridized carbons (Fsp3) is 0.667. The lowest BCUT2D eigenvalue weighted by atomic mass is 9.95. The number of fused-ring (bicyclic) bond motifs is 1. The van der Waals surface area contributed by atoms with Crippen LogP contribution in [0.5, 0.6) is 0 Å². The number of nitrogens with zero attached hydrogens (tertiary/aromatic N) is 1. The van der Waals surface area contributed by atoms with Gasteiger partial charge in [-0.3, -0.25) is 4.79 Å². The van der Waals surface area contributed by atoms with E-state index in [2.05, 4.69) is 24.6 Å². The van der Waals surface area contributed by atoms with Crippen molar-refractivity contribution in [1.82, 2.24) is 4.57 Å². The number of hydrogen-bond acceptors (Lipinski definition) is 2. The summed E-state index contributed by atoms with van der Waals surface area (Å²) in [5.41, 5.74) is 2.15. The maximum absolute atomic E-state index is 11.7. The van der Waals surface area contributed by atoms with E-state index in [4.69, 9.17) is 4.74 Å². The van der Waals surface area contributed by atoms with Crippen LogP contribution < -0.4 is 0 Å². The first-order valence-electron chi connectivity index (χ1n) is 6.96. The molecule has 1 aliphatic carbocycles. The molecule has 0 aromatic carbocycles. The van der Waals surface area contributed by atoms with Crippen LogP contribution >= 0.6 is 0 Å². The SMILES string of the molecule is CC(C)CCOCCn1cc2c(c1)C(=O)CCC2. The number of aromatic nitrogens is 1. The molecule has 3 nitrogen and oxygen atoms in total. The molecule has 0 N–H and O–H groups in total. The molecular weight excluding hydrogens is 226 g/mol. The molecule has 0 saturated heterocycles. The first-order valence-corrected chi connectivity index (χ1v) is 6.96. The van der Waals surface area contributed by atoms with Gasteiger partial charge in [-0.2, -0.15) is 0 Å². The zero-order valence-corrected chi connectivity index (χ0v) is 11.4. The van der Waals surface area contributed by atoms with Crippen molar-refractivity contribution in [2.24, 2.45) is 5.92 Å². The lowest BCUT2D eigenvalue weighted by Gasteiger charge is -2.07. The van der Waals surface area contributed by atoms with Crippen LogP contribution in [0.1, 0.15) is 49.0 Å². The van der Waals surface area contributed by atoms with Crippen LogP contribution in [-0.2, 0) is 17.7 Å². The minimum absolute atomic E-state index is 0.302. The predicted octanol–water partition coefficient (Wildman–Crippen LogP) is 3.07. The lowest BCUT2D eigenvalue weighted by molar-refractivity contribution is 0.0972. The summed E-state index contributed by atoms with van der Waals surface area (Å²) >= 11 is 0. The highest BCUT2D eigenvalue weighted by Crippen LogP contribution is 2.21. The molecule has 1 heterocycles. The van der Waals surface area contributed by atoms with Gasteiger partial charge in [0.05, 0.1) is 6.61 Å². The molecule has 1 aromatic rings. The van der Waals surface area contributed by atoms with Gasteiger partial charge in [0.15, 0.2) is 5.78 Å². The Labute approximate surface area is 109 Å². The van der Waals surface area contributed by atoms with Crippen LogP contribution in [0.15, 0.2) is 12.4 Å². The van der Waals surface area contributed by atoms with Crippen molar-refractivity contribution in [3.63, 3.8) is 0 Å². The second-order valence-corrected chi connectivity index (χ2v) is 5.51. The van der Waals surface area contributed by atoms with Crippen LogP contribution in [0.4, 0.5) is 0 Å². The van der Waals surface area contributed by atoms with Gasteiger partial charge >= 0.3 is 0 Å². The van der Waals surface area contributed by atoms with Gasteiger partial charge in [-0.25, -0.2) is 0 Å². The minimum Gasteiger partial charge on any atom is -0.380 e. The Hall–Kier alpha value is -1.09. The van der Waals surface area contributed by atoms with Crippen molar-refractivity contribution in [2.75, 3.05) is 13.2 Å². The summed E-state index contributed by atoms with van der Waals surface area (Å²) < 4.78 is 7.70. The van der Waals surface area contributed by atoms with Crippen molar-refractivity contribution in [1.29, 1.82) is 0 Å². The second kappa shape index (κ2) is 6.19. The maximum Gasteiger partial charge on any atom is 0.164 e. The molecule has 3 heteroatoms. The van der Waals surface area contributed by atoms with E-state index in [0.29, 0.717) is 18.1 Å². The number of aryl methyl sites for hydroxylation is 1. The molecular formula is C15H23NO2. The summed E-state index contributed by atoms with van der Waals surface area (Å²) in [6.45, 7) is 6.81. The largest absolute Gasteiger partial charge is 0.380 e. The number of carbonyl (C=O) groups excluding carboxylic acids is 1. The first-order chi connectivity index (χ1) is 8.66. The number of rotatable bonds is 6. The van der Waals surface area contributed by atoms with Gasteiger partial charge in [0.2, 0.25) is 0 Å². The van der Waals surface area contributed by atoms with Crippen LogP contribution in [0.2, 0.25) is 0 Å². The molecule has 0 aliphatic heterocycles. The van der Waals surface area contributed by atoms with Crippen LogP contribution in [-0.4, -0.2) is 23.6 Å². The summed E-state index contributed by atoms with van der Waals surface area (Å²) in [5, 5.41) is 0. The van der Waals surface area contributed by atoms with Gasteiger partial charge in [-0.05, 0) is 30.7 Å². The molecule has 0 amide bonds. The Morgan fingerprint density at radius 1 is 1.28 bits per heavy atom. The van der Waals surface area contributed by atoms with Gasteiger partial charge in [-0.15, -0.1) is 0 Å². The molecule has 1 aliphatic rings. The molecule has 0 atom stereocenters. The molecule has 0 bridgehead atoms. The van der Waals surface area contributed by atoms with Crippen molar-refractivity contribution in [2.45, 2.75) is 46.1 Å². The Morgan fingerprint density at radius 3 is 2.83 bits per heavy atom. The number of ether oxygens (including phenoxy) is 1. The van der Waals surface area contributed by atoms with E-state index in [1.165, 1.54) is 5.56 Å². The molecule has 0 unspecified atom stereocenters. The van der Waals surface area contributed by atoms with Crippen molar-refractivity contribution in [3.8, 4) is 0 Å². The van der Waals surface area contributed by atoms with Crippen molar-refractivity contribution in [3.05, 3.63) is 23.5 Å². The molecule has 18 heavy (non-hydrogen) atoms. The lowest BCUT2D eigenvalue weighted by Crippen LogP contribution is -2.07. The monoisotopic (exact) mass is 249 g/mol. The maximum atomic E-state index is 11.7. The van der Waals surface area contributed by atoms with Gasteiger partial charge < -0.3 is 9.30 Å². The predicted molar refractivity (Wildman–Crippen MR) is 72.0 cm³/mol. The number of hydrogen-bond donors (Lipinski definition) is 0. The third-order valence-corrected chi connectivity index (χ3v) is 3.45.